The predicted molar refractivity (Wildman–Crippen MR) is 67.9 cm³/mol. The van der Waals surface area contributed by atoms with Gasteiger partial charge in [0.2, 0.25) is 0 Å². The smallest absolute Gasteiger partial charge is 0.107 e. The van der Waals surface area contributed by atoms with E-state index in [9.17, 15) is 0 Å². The number of rotatable bonds is 5. The van der Waals surface area contributed by atoms with Crippen LogP contribution < -0.4 is 5.32 Å². The van der Waals surface area contributed by atoms with Crippen molar-refractivity contribution < 1.29 is 0 Å². The highest BCUT2D eigenvalue weighted by molar-refractivity contribution is 7.09. The van der Waals surface area contributed by atoms with Gasteiger partial charge in [0.25, 0.3) is 0 Å². The van der Waals surface area contributed by atoms with E-state index in [2.05, 4.69) is 25.2 Å². The van der Waals surface area contributed by atoms with Gasteiger partial charge in [-0.05, 0) is 19.8 Å². The van der Waals surface area contributed by atoms with Crippen molar-refractivity contribution in [2.24, 2.45) is 0 Å². The van der Waals surface area contributed by atoms with Gasteiger partial charge in [0.15, 0.2) is 0 Å². The molecule has 5 heteroatoms. The number of aromatic nitrogens is 3. The summed E-state index contributed by atoms with van der Waals surface area (Å²) in [7, 11) is 0. The fourth-order valence-corrected chi connectivity index (χ4v) is 2.67. The van der Waals surface area contributed by atoms with E-state index in [1.807, 2.05) is 19.4 Å². The molecular formula is C12H16N4S. The zero-order valence-corrected chi connectivity index (χ0v) is 10.7. The summed E-state index contributed by atoms with van der Waals surface area (Å²) >= 11 is 1.71. The van der Waals surface area contributed by atoms with E-state index in [1.54, 1.807) is 11.3 Å². The van der Waals surface area contributed by atoms with Gasteiger partial charge < -0.3 is 9.88 Å². The van der Waals surface area contributed by atoms with Gasteiger partial charge in [0.05, 0.1) is 12.0 Å². The molecule has 2 aromatic heterocycles. The molecule has 0 aromatic carbocycles. The Hall–Kier alpha value is -1.20. The van der Waals surface area contributed by atoms with Crippen molar-refractivity contribution in [3.8, 4) is 0 Å². The SMILES string of the molecule is Cc1csc(CNCc2cncn2C2CC2)n1. The van der Waals surface area contributed by atoms with Crippen LogP contribution in [0.25, 0.3) is 0 Å². The minimum Gasteiger partial charge on any atom is -0.330 e. The summed E-state index contributed by atoms with van der Waals surface area (Å²) in [6.07, 6.45) is 6.50. The van der Waals surface area contributed by atoms with Crippen molar-refractivity contribution in [3.63, 3.8) is 0 Å². The Balaban J connectivity index is 1.55. The van der Waals surface area contributed by atoms with E-state index in [-0.39, 0.29) is 0 Å². The number of imidazole rings is 1. The maximum atomic E-state index is 4.43. The number of hydrogen-bond acceptors (Lipinski definition) is 4. The van der Waals surface area contributed by atoms with Gasteiger partial charge in [-0.1, -0.05) is 0 Å². The van der Waals surface area contributed by atoms with E-state index in [0.717, 1.165) is 23.8 Å². The Labute approximate surface area is 105 Å². The number of nitrogens with one attached hydrogen (secondary N) is 1. The van der Waals surface area contributed by atoms with Gasteiger partial charge in [0, 0.05) is 36.4 Å². The highest BCUT2D eigenvalue weighted by Gasteiger charge is 2.24. The van der Waals surface area contributed by atoms with Crippen LogP contribution >= 0.6 is 11.3 Å². The summed E-state index contributed by atoms with van der Waals surface area (Å²) < 4.78 is 2.29. The van der Waals surface area contributed by atoms with E-state index in [4.69, 9.17) is 0 Å². The highest BCUT2D eigenvalue weighted by Crippen LogP contribution is 2.35. The molecule has 1 fully saturated rings. The lowest BCUT2D eigenvalue weighted by molar-refractivity contribution is 0.619. The van der Waals surface area contributed by atoms with Gasteiger partial charge >= 0.3 is 0 Å². The molecule has 2 heterocycles. The fraction of sp³-hybridized carbons (Fsp3) is 0.500. The van der Waals surface area contributed by atoms with Crippen LogP contribution in [-0.2, 0) is 13.1 Å². The highest BCUT2D eigenvalue weighted by atomic mass is 32.1. The van der Waals surface area contributed by atoms with Gasteiger partial charge in [-0.25, -0.2) is 9.97 Å². The lowest BCUT2D eigenvalue weighted by Gasteiger charge is -2.06. The van der Waals surface area contributed by atoms with Crippen molar-refractivity contribution in [3.05, 3.63) is 34.3 Å². The molecule has 4 nitrogen and oxygen atoms in total. The van der Waals surface area contributed by atoms with Gasteiger partial charge in [-0.15, -0.1) is 11.3 Å². The maximum Gasteiger partial charge on any atom is 0.107 e. The Kier molecular flexibility index (Phi) is 2.94. The number of nitrogens with zero attached hydrogens (tertiary/aromatic N) is 3. The summed E-state index contributed by atoms with van der Waals surface area (Å²) in [5, 5.41) is 6.67. The van der Waals surface area contributed by atoms with Crippen LogP contribution in [0.3, 0.4) is 0 Å². The molecule has 0 amide bonds. The quantitative estimate of drug-likeness (QED) is 0.882. The molecule has 1 saturated carbocycles. The Bertz CT molecular complexity index is 498. The molecule has 0 atom stereocenters. The second kappa shape index (κ2) is 4.58. The summed E-state index contributed by atoms with van der Waals surface area (Å²) in [5.41, 5.74) is 2.38. The standard InChI is InChI=1S/C12H16N4S/c1-9-7-17-12(15-9)6-13-4-11-5-14-8-16(11)10-2-3-10/h5,7-8,10,13H,2-4,6H2,1H3. The minimum absolute atomic E-state index is 0.705. The molecule has 0 saturated heterocycles. The molecule has 1 aliphatic rings. The second-order valence-electron chi connectivity index (χ2n) is 4.51. The molecule has 1 N–H and O–H groups in total. The third-order valence-electron chi connectivity index (χ3n) is 2.94. The van der Waals surface area contributed by atoms with E-state index >= 15 is 0 Å². The average molecular weight is 248 g/mol. The molecular weight excluding hydrogens is 232 g/mol. The normalized spacial score (nSPS) is 15.4. The molecule has 3 rings (SSSR count). The third-order valence-corrected chi connectivity index (χ3v) is 3.90. The molecule has 2 aromatic rings. The molecule has 0 aliphatic heterocycles. The Morgan fingerprint density at radius 1 is 1.47 bits per heavy atom. The van der Waals surface area contributed by atoms with Crippen LogP contribution in [0, 0.1) is 6.92 Å². The summed E-state index contributed by atoms with van der Waals surface area (Å²) in [6, 6.07) is 0.705. The van der Waals surface area contributed by atoms with Crippen molar-refractivity contribution in [1.82, 2.24) is 19.9 Å². The van der Waals surface area contributed by atoms with Gasteiger partial charge in [0.1, 0.15) is 5.01 Å². The molecule has 90 valence electrons. The topological polar surface area (TPSA) is 42.7 Å². The number of thiazole rings is 1. The zero-order chi connectivity index (χ0) is 11.7. The minimum atomic E-state index is 0.705. The molecule has 0 spiro atoms. The average Bonchev–Trinajstić information content (AvgIpc) is 2.92. The van der Waals surface area contributed by atoms with Crippen LogP contribution in [0.15, 0.2) is 17.9 Å². The molecule has 0 bridgehead atoms. The van der Waals surface area contributed by atoms with Gasteiger partial charge in [-0.2, -0.15) is 0 Å². The van der Waals surface area contributed by atoms with E-state index in [0.29, 0.717) is 6.04 Å². The van der Waals surface area contributed by atoms with Crippen molar-refractivity contribution in [2.75, 3.05) is 0 Å². The van der Waals surface area contributed by atoms with Crippen molar-refractivity contribution in [2.45, 2.75) is 38.9 Å². The Morgan fingerprint density at radius 3 is 3.06 bits per heavy atom. The fourth-order valence-electron chi connectivity index (χ4n) is 1.93. The molecule has 0 radical (unpaired) electrons. The third kappa shape index (κ3) is 2.56. The number of aryl methyl sites for hydroxylation is 1. The zero-order valence-electron chi connectivity index (χ0n) is 9.89. The first-order valence-electron chi connectivity index (χ1n) is 5.95. The first kappa shape index (κ1) is 10.9. The first-order valence-corrected chi connectivity index (χ1v) is 6.83. The van der Waals surface area contributed by atoms with Gasteiger partial charge in [-0.3, -0.25) is 0 Å². The van der Waals surface area contributed by atoms with E-state index in [1.165, 1.54) is 18.5 Å². The van der Waals surface area contributed by atoms with Crippen LogP contribution in [0.2, 0.25) is 0 Å². The molecule has 0 unspecified atom stereocenters. The molecule has 17 heavy (non-hydrogen) atoms. The summed E-state index contributed by atoms with van der Waals surface area (Å²) in [4.78, 5) is 8.66. The van der Waals surface area contributed by atoms with Crippen LogP contribution in [-0.4, -0.2) is 14.5 Å². The number of hydrogen-bond donors (Lipinski definition) is 1. The maximum absolute atomic E-state index is 4.43. The van der Waals surface area contributed by atoms with Crippen molar-refractivity contribution >= 4 is 11.3 Å². The van der Waals surface area contributed by atoms with E-state index < -0.39 is 0 Å². The lowest BCUT2D eigenvalue weighted by Crippen LogP contribution is -2.15. The van der Waals surface area contributed by atoms with Crippen LogP contribution in [0.4, 0.5) is 0 Å². The molecule has 1 aliphatic carbocycles. The lowest BCUT2D eigenvalue weighted by atomic mass is 10.4. The largest absolute Gasteiger partial charge is 0.330 e. The van der Waals surface area contributed by atoms with Crippen molar-refractivity contribution in [1.29, 1.82) is 0 Å². The summed E-state index contributed by atoms with van der Waals surface area (Å²) in [6.45, 7) is 3.74. The Morgan fingerprint density at radius 2 is 2.35 bits per heavy atom. The van der Waals surface area contributed by atoms with Crippen LogP contribution in [0.5, 0.6) is 0 Å². The monoisotopic (exact) mass is 248 g/mol. The predicted octanol–water partition coefficient (Wildman–Crippen LogP) is 2.27. The second-order valence-corrected chi connectivity index (χ2v) is 5.45. The summed E-state index contributed by atoms with van der Waals surface area (Å²) in [5.74, 6) is 0. The van der Waals surface area contributed by atoms with Crippen LogP contribution in [0.1, 0.15) is 35.3 Å². The first-order chi connectivity index (χ1) is 8.33.